The van der Waals surface area contributed by atoms with E-state index in [0.717, 1.165) is 10.2 Å². The van der Waals surface area contributed by atoms with Crippen LogP contribution in [0.1, 0.15) is 26.3 Å². The SMILES string of the molecule is CCOC(=O)[C@H](CC)n1cnc2c(nnn2-c2ccc(Br)cc2)c1=O. The number of halogens is 1. The molecule has 0 saturated heterocycles. The van der Waals surface area contributed by atoms with Crippen LogP contribution in [0.2, 0.25) is 0 Å². The van der Waals surface area contributed by atoms with Gasteiger partial charge in [-0.3, -0.25) is 9.36 Å². The first-order chi connectivity index (χ1) is 12.1. The minimum Gasteiger partial charge on any atom is -0.464 e. The van der Waals surface area contributed by atoms with E-state index in [1.807, 2.05) is 24.3 Å². The third-order valence-corrected chi connectivity index (χ3v) is 4.27. The molecule has 1 atom stereocenters. The van der Waals surface area contributed by atoms with Gasteiger partial charge in [-0.15, -0.1) is 5.10 Å². The maximum atomic E-state index is 12.7. The van der Waals surface area contributed by atoms with Crippen LogP contribution >= 0.6 is 15.9 Å². The molecular weight excluding hydrogens is 390 g/mol. The molecule has 0 aliphatic heterocycles. The molecule has 25 heavy (non-hydrogen) atoms. The molecule has 130 valence electrons. The molecular formula is C16H16BrN5O3. The topological polar surface area (TPSA) is 91.9 Å². The number of benzene rings is 1. The summed E-state index contributed by atoms with van der Waals surface area (Å²) < 4.78 is 8.69. The average molecular weight is 406 g/mol. The Morgan fingerprint density at radius 3 is 2.64 bits per heavy atom. The molecule has 0 N–H and O–H groups in total. The molecule has 2 heterocycles. The van der Waals surface area contributed by atoms with Gasteiger partial charge in [0, 0.05) is 4.47 Å². The van der Waals surface area contributed by atoms with Gasteiger partial charge in [0.25, 0.3) is 5.56 Å². The zero-order valence-electron chi connectivity index (χ0n) is 13.7. The fourth-order valence-electron chi connectivity index (χ4n) is 2.52. The normalized spacial score (nSPS) is 12.3. The van der Waals surface area contributed by atoms with Crippen LogP contribution in [0, 0.1) is 0 Å². The Balaban J connectivity index is 2.09. The van der Waals surface area contributed by atoms with Crippen molar-refractivity contribution in [1.29, 1.82) is 0 Å². The lowest BCUT2D eigenvalue weighted by atomic mass is 10.2. The Bertz CT molecular complexity index is 964. The van der Waals surface area contributed by atoms with Gasteiger partial charge >= 0.3 is 5.97 Å². The number of ether oxygens (including phenoxy) is 1. The number of rotatable bonds is 5. The summed E-state index contributed by atoms with van der Waals surface area (Å²) in [5.74, 6) is -0.464. The van der Waals surface area contributed by atoms with E-state index in [1.54, 1.807) is 13.8 Å². The van der Waals surface area contributed by atoms with Crippen molar-refractivity contribution in [3.63, 3.8) is 0 Å². The van der Waals surface area contributed by atoms with E-state index in [0.29, 0.717) is 12.1 Å². The van der Waals surface area contributed by atoms with Gasteiger partial charge in [0.15, 0.2) is 11.2 Å². The van der Waals surface area contributed by atoms with Crippen molar-refractivity contribution in [1.82, 2.24) is 24.5 Å². The van der Waals surface area contributed by atoms with Crippen molar-refractivity contribution in [2.24, 2.45) is 0 Å². The molecule has 9 heteroatoms. The second-order valence-corrected chi connectivity index (χ2v) is 6.20. The summed E-state index contributed by atoms with van der Waals surface area (Å²) in [5, 5.41) is 7.98. The Hall–Kier alpha value is -2.55. The first-order valence-electron chi connectivity index (χ1n) is 7.82. The zero-order chi connectivity index (χ0) is 18.0. The molecule has 0 amide bonds. The van der Waals surface area contributed by atoms with Gasteiger partial charge in [0.1, 0.15) is 12.4 Å². The molecule has 0 fully saturated rings. The molecule has 0 radical (unpaired) electrons. The maximum absolute atomic E-state index is 12.7. The highest BCUT2D eigenvalue weighted by atomic mass is 79.9. The second-order valence-electron chi connectivity index (χ2n) is 5.28. The van der Waals surface area contributed by atoms with E-state index >= 15 is 0 Å². The Morgan fingerprint density at radius 1 is 1.28 bits per heavy atom. The molecule has 1 aromatic carbocycles. The minimum absolute atomic E-state index is 0.105. The van der Waals surface area contributed by atoms with Crippen LogP contribution in [0.4, 0.5) is 0 Å². The Labute approximate surface area is 151 Å². The van der Waals surface area contributed by atoms with Crippen LogP contribution in [0.3, 0.4) is 0 Å². The van der Waals surface area contributed by atoms with E-state index in [2.05, 4.69) is 31.2 Å². The smallest absolute Gasteiger partial charge is 0.329 e. The summed E-state index contributed by atoms with van der Waals surface area (Å²) in [7, 11) is 0. The number of aromatic nitrogens is 5. The predicted octanol–water partition coefficient (Wildman–Crippen LogP) is 2.25. The second kappa shape index (κ2) is 7.14. The highest BCUT2D eigenvalue weighted by Gasteiger charge is 2.23. The van der Waals surface area contributed by atoms with Crippen molar-refractivity contribution in [3.8, 4) is 5.69 Å². The molecule has 3 aromatic rings. The minimum atomic E-state index is -0.734. The number of carbonyl (C=O) groups is 1. The highest BCUT2D eigenvalue weighted by molar-refractivity contribution is 9.10. The van der Waals surface area contributed by atoms with Crippen LogP contribution in [0.5, 0.6) is 0 Å². The number of hydrogen-bond donors (Lipinski definition) is 0. The molecule has 3 rings (SSSR count). The van der Waals surface area contributed by atoms with E-state index in [4.69, 9.17) is 4.74 Å². The quantitative estimate of drug-likeness (QED) is 0.604. The largest absolute Gasteiger partial charge is 0.464 e. The van der Waals surface area contributed by atoms with Gasteiger partial charge in [-0.2, -0.15) is 4.68 Å². The summed E-state index contributed by atoms with van der Waals surface area (Å²) in [5.41, 5.74) is 0.747. The Kier molecular flexibility index (Phi) is 4.93. The van der Waals surface area contributed by atoms with Crippen LogP contribution in [0.15, 0.2) is 39.9 Å². The van der Waals surface area contributed by atoms with Crippen molar-refractivity contribution in [2.45, 2.75) is 26.3 Å². The predicted molar refractivity (Wildman–Crippen MR) is 94.6 cm³/mol. The van der Waals surface area contributed by atoms with E-state index < -0.39 is 17.6 Å². The molecule has 2 aromatic heterocycles. The van der Waals surface area contributed by atoms with E-state index in [1.165, 1.54) is 15.6 Å². The fourth-order valence-corrected chi connectivity index (χ4v) is 2.78. The lowest BCUT2D eigenvalue weighted by Crippen LogP contribution is -2.31. The number of fused-ring (bicyclic) bond motifs is 1. The summed E-state index contributed by atoms with van der Waals surface area (Å²) in [6.07, 6.45) is 1.75. The molecule has 8 nitrogen and oxygen atoms in total. The van der Waals surface area contributed by atoms with Crippen LogP contribution < -0.4 is 5.56 Å². The Morgan fingerprint density at radius 2 is 2.00 bits per heavy atom. The monoisotopic (exact) mass is 405 g/mol. The lowest BCUT2D eigenvalue weighted by Gasteiger charge is -2.15. The van der Waals surface area contributed by atoms with Gasteiger partial charge in [-0.1, -0.05) is 28.1 Å². The van der Waals surface area contributed by atoms with Gasteiger partial charge < -0.3 is 4.74 Å². The summed E-state index contributed by atoms with van der Waals surface area (Å²) in [4.78, 5) is 29.1. The van der Waals surface area contributed by atoms with Crippen molar-refractivity contribution in [2.75, 3.05) is 6.61 Å². The van der Waals surface area contributed by atoms with Crippen LogP contribution in [-0.4, -0.2) is 37.1 Å². The van der Waals surface area contributed by atoms with Crippen LogP contribution in [0.25, 0.3) is 16.9 Å². The zero-order valence-corrected chi connectivity index (χ0v) is 15.3. The van der Waals surface area contributed by atoms with E-state index in [-0.39, 0.29) is 12.1 Å². The van der Waals surface area contributed by atoms with Gasteiger partial charge in [-0.05, 0) is 37.6 Å². The molecule has 0 aliphatic rings. The average Bonchev–Trinajstić information content (AvgIpc) is 3.03. The first kappa shape index (κ1) is 17.3. The molecule has 0 spiro atoms. The van der Waals surface area contributed by atoms with Gasteiger partial charge in [0.2, 0.25) is 0 Å². The number of esters is 1. The summed E-state index contributed by atoms with van der Waals surface area (Å²) in [6.45, 7) is 3.77. The summed E-state index contributed by atoms with van der Waals surface area (Å²) >= 11 is 3.37. The van der Waals surface area contributed by atoms with Gasteiger partial charge in [-0.25, -0.2) is 9.78 Å². The van der Waals surface area contributed by atoms with Crippen molar-refractivity contribution < 1.29 is 9.53 Å². The molecule has 0 aliphatic carbocycles. The number of hydrogen-bond acceptors (Lipinski definition) is 6. The number of carbonyl (C=O) groups excluding carboxylic acids is 1. The highest BCUT2D eigenvalue weighted by Crippen LogP contribution is 2.17. The number of nitrogens with zero attached hydrogens (tertiary/aromatic N) is 5. The standard InChI is InChI=1S/C16H16BrN5O3/c1-3-12(16(24)25-4-2)21-9-18-14-13(15(21)23)19-20-22(14)11-7-5-10(17)6-8-11/h5-9,12H,3-4H2,1-2H3/t12-/m0/s1. The molecule has 0 unspecified atom stereocenters. The first-order valence-corrected chi connectivity index (χ1v) is 8.61. The third-order valence-electron chi connectivity index (χ3n) is 3.74. The molecule has 0 bridgehead atoms. The maximum Gasteiger partial charge on any atom is 0.329 e. The van der Waals surface area contributed by atoms with Crippen molar-refractivity contribution in [3.05, 3.63) is 45.4 Å². The third kappa shape index (κ3) is 3.19. The van der Waals surface area contributed by atoms with Gasteiger partial charge in [0.05, 0.1) is 12.3 Å². The van der Waals surface area contributed by atoms with E-state index in [9.17, 15) is 9.59 Å². The molecule has 0 saturated carbocycles. The fraction of sp³-hybridized carbons (Fsp3) is 0.312. The van der Waals surface area contributed by atoms with Crippen LogP contribution in [-0.2, 0) is 9.53 Å². The summed E-state index contributed by atoms with van der Waals surface area (Å²) in [6, 6.07) is 6.65. The van der Waals surface area contributed by atoms with Crippen molar-refractivity contribution >= 4 is 33.1 Å². The lowest BCUT2D eigenvalue weighted by molar-refractivity contribution is -0.147.